The van der Waals surface area contributed by atoms with E-state index in [0.29, 0.717) is 24.0 Å². The predicted octanol–water partition coefficient (Wildman–Crippen LogP) is 4.84. The number of hydrogen-bond donors (Lipinski definition) is 0. The van der Waals surface area contributed by atoms with Gasteiger partial charge in [0.15, 0.2) is 5.78 Å². The summed E-state index contributed by atoms with van der Waals surface area (Å²) in [4.78, 5) is 24.7. The van der Waals surface area contributed by atoms with Gasteiger partial charge in [-0.15, -0.1) is 0 Å². The summed E-state index contributed by atoms with van der Waals surface area (Å²) in [6.45, 7) is 14.4. The van der Waals surface area contributed by atoms with Crippen molar-refractivity contribution in [3.8, 4) is 5.75 Å². The SMILES string of the molecule is C=C1CC[C@H]2[C@@H](c3c(C)c(OC(C)=O)c4c(c31)C(=O)[C@@H](C)C4)C2(C)C. The second-order valence-electron chi connectivity index (χ2n) is 8.71. The molecule has 132 valence electrons. The second kappa shape index (κ2) is 5.06. The molecule has 3 nitrogen and oxygen atoms in total. The zero-order chi connectivity index (χ0) is 18.3. The Labute approximate surface area is 149 Å². The molecule has 0 aliphatic heterocycles. The second-order valence-corrected chi connectivity index (χ2v) is 8.71. The predicted molar refractivity (Wildman–Crippen MR) is 98.0 cm³/mol. The third-order valence-electron chi connectivity index (χ3n) is 6.76. The molecule has 3 heteroatoms. The molecule has 25 heavy (non-hydrogen) atoms. The lowest BCUT2D eigenvalue weighted by atomic mass is 9.83. The molecule has 1 aromatic rings. The summed E-state index contributed by atoms with van der Waals surface area (Å²) in [5.41, 5.74) is 6.35. The van der Waals surface area contributed by atoms with Crippen LogP contribution in [0.15, 0.2) is 6.58 Å². The molecule has 1 saturated carbocycles. The third kappa shape index (κ3) is 2.11. The number of esters is 1. The van der Waals surface area contributed by atoms with E-state index in [1.165, 1.54) is 12.5 Å². The minimum Gasteiger partial charge on any atom is -0.426 e. The van der Waals surface area contributed by atoms with Crippen LogP contribution in [0.2, 0.25) is 0 Å². The molecule has 1 aromatic carbocycles. The van der Waals surface area contributed by atoms with Gasteiger partial charge in [0.1, 0.15) is 5.75 Å². The molecule has 0 saturated heterocycles. The van der Waals surface area contributed by atoms with Gasteiger partial charge in [0.2, 0.25) is 0 Å². The molecule has 0 radical (unpaired) electrons. The van der Waals surface area contributed by atoms with Crippen molar-refractivity contribution in [2.75, 3.05) is 0 Å². The molecular formula is C22H26O3. The molecule has 3 atom stereocenters. The van der Waals surface area contributed by atoms with Crippen LogP contribution in [0, 0.1) is 24.2 Å². The first kappa shape index (κ1) is 16.6. The number of benzene rings is 1. The van der Waals surface area contributed by atoms with E-state index in [1.54, 1.807) is 0 Å². The van der Waals surface area contributed by atoms with Crippen molar-refractivity contribution in [3.05, 3.63) is 34.4 Å². The first-order valence-corrected chi connectivity index (χ1v) is 9.26. The van der Waals surface area contributed by atoms with Crippen molar-refractivity contribution in [2.45, 2.75) is 59.8 Å². The maximum absolute atomic E-state index is 13.0. The van der Waals surface area contributed by atoms with Crippen LogP contribution >= 0.6 is 0 Å². The van der Waals surface area contributed by atoms with Gasteiger partial charge in [-0.1, -0.05) is 27.4 Å². The maximum atomic E-state index is 13.0. The standard InChI is InChI=1S/C22H26O3/c1-10-7-8-15-19(22(15,5)6)17-12(3)21(25-13(4)23)14-9-11(2)20(24)18(14)16(10)17/h11,15,19H,1,7-9H2,2-6H3/t11-,15-,19-/m0/s1. The Morgan fingerprint density at radius 1 is 1.28 bits per heavy atom. The maximum Gasteiger partial charge on any atom is 0.308 e. The summed E-state index contributed by atoms with van der Waals surface area (Å²) >= 11 is 0. The average Bonchev–Trinajstić information content (AvgIpc) is 3.00. The number of allylic oxidation sites excluding steroid dienone is 1. The van der Waals surface area contributed by atoms with E-state index >= 15 is 0 Å². The summed E-state index contributed by atoms with van der Waals surface area (Å²) < 4.78 is 5.64. The fourth-order valence-electron chi connectivity index (χ4n) is 5.40. The molecule has 0 N–H and O–H groups in total. The summed E-state index contributed by atoms with van der Waals surface area (Å²) in [6, 6.07) is 0. The Morgan fingerprint density at radius 3 is 2.60 bits per heavy atom. The van der Waals surface area contributed by atoms with Crippen LogP contribution in [0.1, 0.15) is 79.1 Å². The van der Waals surface area contributed by atoms with Crippen molar-refractivity contribution in [1.29, 1.82) is 0 Å². The van der Waals surface area contributed by atoms with E-state index in [-0.39, 0.29) is 23.1 Å². The Bertz CT molecular complexity index is 844. The average molecular weight is 338 g/mol. The molecule has 0 bridgehead atoms. The lowest BCUT2D eigenvalue weighted by Crippen LogP contribution is -2.12. The van der Waals surface area contributed by atoms with E-state index < -0.39 is 0 Å². The van der Waals surface area contributed by atoms with Gasteiger partial charge in [0.25, 0.3) is 0 Å². The van der Waals surface area contributed by atoms with Gasteiger partial charge in [-0.3, -0.25) is 9.59 Å². The first-order valence-electron chi connectivity index (χ1n) is 9.26. The largest absolute Gasteiger partial charge is 0.426 e. The van der Waals surface area contributed by atoms with E-state index in [9.17, 15) is 9.59 Å². The minimum absolute atomic E-state index is 0.0609. The Hall–Kier alpha value is -1.90. The number of ketones is 1. The van der Waals surface area contributed by atoms with Gasteiger partial charge in [-0.25, -0.2) is 0 Å². The van der Waals surface area contributed by atoms with Crippen molar-refractivity contribution in [1.82, 2.24) is 0 Å². The number of ether oxygens (including phenoxy) is 1. The Kier molecular flexibility index (Phi) is 3.35. The molecule has 0 heterocycles. The van der Waals surface area contributed by atoms with Crippen molar-refractivity contribution in [2.24, 2.45) is 17.3 Å². The van der Waals surface area contributed by atoms with Crippen LogP contribution in [0.5, 0.6) is 5.75 Å². The molecule has 0 unspecified atom stereocenters. The molecular weight excluding hydrogens is 312 g/mol. The highest BCUT2D eigenvalue weighted by molar-refractivity contribution is 6.08. The molecule has 0 spiro atoms. The van der Waals surface area contributed by atoms with Gasteiger partial charge < -0.3 is 4.74 Å². The Morgan fingerprint density at radius 2 is 1.96 bits per heavy atom. The van der Waals surface area contributed by atoms with Crippen LogP contribution in [-0.2, 0) is 11.2 Å². The van der Waals surface area contributed by atoms with E-state index in [4.69, 9.17) is 4.74 Å². The normalized spacial score (nSPS) is 28.8. The number of hydrogen-bond acceptors (Lipinski definition) is 3. The first-order chi connectivity index (χ1) is 11.7. The zero-order valence-electron chi connectivity index (χ0n) is 15.8. The lowest BCUT2D eigenvalue weighted by molar-refractivity contribution is -0.132. The van der Waals surface area contributed by atoms with E-state index in [1.807, 2.05) is 6.92 Å². The highest BCUT2D eigenvalue weighted by Crippen LogP contribution is 2.70. The smallest absolute Gasteiger partial charge is 0.308 e. The van der Waals surface area contributed by atoms with Crippen LogP contribution < -0.4 is 4.74 Å². The van der Waals surface area contributed by atoms with Crippen LogP contribution in [-0.4, -0.2) is 11.8 Å². The summed E-state index contributed by atoms with van der Waals surface area (Å²) in [5.74, 6) is 1.46. The van der Waals surface area contributed by atoms with Gasteiger partial charge in [0.05, 0.1) is 0 Å². The lowest BCUT2D eigenvalue weighted by Gasteiger charge is -2.22. The third-order valence-corrected chi connectivity index (χ3v) is 6.76. The van der Waals surface area contributed by atoms with Gasteiger partial charge >= 0.3 is 5.97 Å². The van der Waals surface area contributed by atoms with Crippen LogP contribution in [0.4, 0.5) is 0 Å². The van der Waals surface area contributed by atoms with Gasteiger partial charge in [-0.2, -0.15) is 0 Å². The fourth-order valence-corrected chi connectivity index (χ4v) is 5.40. The highest BCUT2D eigenvalue weighted by atomic mass is 16.5. The number of fused-ring (bicyclic) bond motifs is 5. The molecule has 3 aliphatic rings. The zero-order valence-corrected chi connectivity index (χ0v) is 15.8. The topological polar surface area (TPSA) is 43.4 Å². The van der Waals surface area contributed by atoms with Crippen molar-refractivity contribution >= 4 is 17.3 Å². The molecule has 0 aromatic heterocycles. The van der Waals surface area contributed by atoms with Gasteiger partial charge in [-0.05, 0) is 65.7 Å². The number of Topliss-reactive ketones (excluding diaryl/α,β-unsaturated/α-hetero) is 1. The van der Waals surface area contributed by atoms with Crippen molar-refractivity contribution < 1.29 is 14.3 Å². The number of carbonyl (C=O) groups excluding carboxylic acids is 2. The summed E-state index contributed by atoms with van der Waals surface area (Å²) in [6.07, 6.45) is 2.71. The molecule has 0 amide bonds. The number of carbonyl (C=O) groups is 2. The molecule has 3 aliphatic carbocycles. The molecule has 4 rings (SSSR count). The molecule has 1 fully saturated rings. The Balaban J connectivity index is 2.06. The van der Waals surface area contributed by atoms with Crippen LogP contribution in [0.3, 0.4) is 0 Å². The number of rotatable bonds is 1. The van der Waals surface area contributed by atoms with Gasteiger partial charge in [0, 0.05) is 24.0 Å². The van der Waals surface area contributed by atoms with Crippen molar-refractivity contribution in [3.63, 3.8) is 0 Å². The quantitative estimate of drug-likeness (QED) is 0.543. The van der Waals surface area contributed by atoms with Crippen LogP contribution in [0.25, 0.3) is 5.57 Å². The summed E-state index contributed by atoms with van der Waals surface area (Å²) in [7, 11) is 0. The minimum atomic E-state index is -0.323. The fraction of sp³-hybridized carbons (Fsp3) is 0.545. The highest BCUT2D eigenvalue weighted by Gasteiger charge is 2.60. The summed E-state index contributed by atoms with van der Waals surface area (Å²) in [5, 5.41) is 0. The van der Waals surface area contributed by atoms with E-state index in [0.717, 1.165) is 40.7 Å². The van der Waals surface area contributed by atoms with E-state index in [2.05, 4.69) is 27.4 Å². The monoisotopic (exact) mass is 338 g/mol.